The van der Waals surface area contributed by atoms with Gasteiger partial charge in [-0.3, -0.25) is 0 Å². The molecule has 0 bridgehead atoms. The first-order valence-corrected chi connectivity index (χ1v) is 9.99. The first-order valence-electron chi connectivity index (χ1n) is 9.99. The zero-order valence-electron chi connectivity index (χ0n) is 16.1. The number of imidazole rings is 1. The Kier molecular flexibility index (Phi) is 4.75. The van der Waals surface area contributed by atoms with Gasteiger partial charge in [-0.05, 0) is 60.0 Å². The first kappa shape index (κ1) is 17.6. The van der Waals surface area contributed by atoms with Crippen molar-refractivity contribution in [3.05, 3.63) is 85.1 Å². The second-order valence-corrected chi connectivity index (χ2v) is 7.12. The minimum atomic E-state index is 0.695. The van der Waals surface area contributed by atoms with E-state index in [-0.39, 0.29) is 0 Å². The fraction of sp³-hybridized carbons (Fsp3) is 0.160. The van der Waals surface area contributed by atoms with E-state index in [0.717, 1.165) is 47.8 Å². The van der Waals surface area contributed by atoms with E-state index in [1.165, 1.54) is 10.8 Å². The Morgan fingerprint density at radius 1 is 0.828 bits per heavy atom. The molecular formula is C25H22N2O2. The highest BCUT2D eigenvalue weighted by atomic mass is 16.5. The molecule has 0 radical (unpaired) electrons. The maximum atomic E-state index is 5.98. The minimum Gasteiger partial charge on any atom is -0.494 e. The van der Waals surface area contributed by atoms with E-state index in [9.17, 15) is 0 Å². The molecule has 29 heavy (non-hydrogen) atoms. The minimum absolute atomic E-state index is 0.695. The van der Waals surface area contributed by atoms with Crippen LogP contribution in [0.4, 0.5) is 0 Å². The summed E-state index contributed by atoms with van der Waals surface area (Å²) in [5, 5.41) is 2.44. The van der Waals surface area contributed by atoms with Crippen LogP contribution >= 0.6 is 0 Å². The van der Waals surface area contributed by atoms with Gasteiger partial charge < -0.3 is 13.7 Å². The summed E-state index contributed by atoms with van der Waals surface area (Å²) in [5.41, 5.74) is 2.13. The van der Waals surface area contributed by atoms with Gasteiger partial charge in [0.1, 0.15) is 5.75 Å². The molecule has 0 fully saturated rings. The summed E-state index contributed by atoms with van der Waals surface area (Å²) >= 11 is 0. The van der Waals surface area contributed by atoms with Gasteiger partial charge >= 0.3 is 0 Å². The van der Waals surface area contributed by atoms with Crippen LogP contribution in [0.25, 0.3) is 33.4 Å². The molecule has 5 aromatic rings. The highest BCUT2D eigenvalue weighted by Crippen LogP contribution is 2.26. The van der Waals surface area contributed by atoms with Crippen LogP contribution in [0.2, 0.25) is 0 Å². The lowest BCUT2D eigenvalue weighted by molar-refractivity contribution is 0.304. The van der Waals surface area contributed by atoms with E-state index in [4.69, 9.17) is 14.1 Å². The van der Waals surface area contributed by atoms with E-state index in [1.807, 2.05) is 30.3 Å². The van der Waals surface area contributed by atoms with Crippen molar-refractivity contribution in [1.29, 1.82) is 0 Å². The van der Waals surface area contributed by atoms with Gasteiger partial charge in [-0.15, -0.1) is 0 Å². The van der Waals surface area contributed by atoms with Crippen molar-refractivity contribution in [3.63, 3.8) is 0 Å². The molecule has 3 aromatic carbocycles. The second kappa shape index (κ2) is 7.84. The largest absolute Gasteiger partial charge is 0.494 e. The Labute approximate surface area is 169 Å². The van der Waals surface area contributed by atoms with E-state index in [2.05, 4.69) is 53.1 Å². The molecular weight excluding hydrogens is 360 g/mol. The number of fused-ring (bicyclic) bond motifs is 2. The van der Waals surface area contributed by atoms with E-state index < -0.39 is 0 Å². The van der Waals surface area contributed by atoms with Gasteiger partial charge in [0.2, 0.25) is 0 Å². The van der Waals surface area contributed by atoms with Crippen LogP contribution in [0.3, 0.4) is 0 Å². The number of hydrogen-bond donors (Lipinski definition) is 0. The van der Waals surface area contributed by atoms with Gasteiger partial charge in [0.25, 0.3) is 0 Å². The number of unbranched alkanes of at least 4 members (excludes halogenated alkanes) is 1. The smallest absolute Gasteiger partial charge is 0.177 e. The monoisotopic (exact) mass is 382 g/mol. The van der Waals surface area contributed by atoms with E-state index in [1.54, 1.807) is 6.26 Å². The first-order chi connectivity index (χ1) is 14.4. The van der Waals surface area contributed by atoms with Gasteiger partial charge in [0.15, 0.2) is 11.6 Å². The van der Waals surface area contributed by atoms with Crippen LogP contribution in [0, 0.1) is 0 Å². The van der Waals surface area contributed by atoms with Gasteiger partial charge in [-0.25, -0.2) is 4.98 Å². The Bertz CT molecular complexity index is 1240. The quantitative estimate of drug-likeness (QED) is 0.310. The maximum Gasteiger partial charge on any atom is 0.177 e. The predicted molar refractivity (Wildman–Crippen MR) is 116 cm³/mol. The highest BCUT2D eigenvalue weighted by Gasteiger charge is 2.14. The van der Waals surface area contributed by atoms with Gasteiger partial charge in [-0.2, -0.15) is 0 Å². The number of rotatable bonds is 7. The SMILES string of the molecule is c1coc(-c2nc3ccccc3n2CCCCOc2ccc3ccccc3c2)c1. The van der Waals surface area contributed by atoms with E-state index in [0.29, 0.717) is 6.61 Å². The lowest BCUT2D eigenvalue weighted by Gasteiger charge is -2.10. The fourth-order valence-electron chi connectivity index (χ4n) is 3.71. The van der Waals surface area contributed by atoms with Gasteiger partial charge in [-0.1, -0.05) is 42.5 Å². The standard InChI is InChI=1S/C25H22N2O2/c1-2-9-20-18-21(14-13-19(20)8-1)28-16-6-5-15-27-23-11-4-3-10-22(23)26-25(27)24-12-7-17-29-24/h1-4,7-14,17-18H,5-6,15-16H2. The molecule has 0 amide bonds. The maximum absolute atomic E-state index is 5.98. The molecule has 0 aliphatic heterocycles. The number of aromatic nitrogens is 2. The van der Waals surface area contributed by atoms with Gasteiger partial charge in [0.05, 0.1) is 23.9 Å². The third-order valence-electron chi connectivity index (χ3n) is 5.16. The molecule has 144 valence electrons. The topological polar surface area (TPSA) is 40.2 Å². The number of ether oxygens (including phenoxy) is 1. The van der Waals surface area contributed by atoms with Crippen LogP contribution in [-0.4, -0.2) is 16.2 Å². The number of benzene rings is 3. The van der Waals surface area contributed by atoms with Crippen molar-refractivity contribution >= 4 is 21.8 Å². The normalized spacial score (nSPS) is 11.3. The fourth-order valence-corrected chi connectivity index (χ4v) is 3.71. The second-order valence-electron chi connectivity index (χ2n) is 7.12. The zero-order valence-corrected chi connectivity index (χ0v) is 16.1. The Hall–Kier alpha value is -3.53. The summed E-state index contributed by atoms with van der Waals surface area (Å²) in [6, 6.07) is 26.7. The number of nitrogens with zero attached hydrogens (tertiary/aromatic N) is 2. The molecule has 0 saturated heterocycles. The summed E-state index contributed by atoms with van der Waals surface area (Å²) in [7, 11) is 0. The van der Waals surface area contributed by atoms with Gasteiger partial charge in [0, 0.05) is 6.54 Å². The molecule has 0 saturated carbocycles. The third-order valence-corrected chi connectivity index (χ3v) is 5.16. The molecule has 4 nitrogen and oxygen atoms in total. The highest BCUT2D eigenvalue weighted by molar-refractivity contribution is 5.83. The van der Waals surface area contributed by atoms with E-state index >= 15 is 0 Å². The summed E-state index contributed by atoms with van der Waals surface area (Å²) in [5.74, 6) is 2.60. The third kappa shape index (κ3) is 3.61. The summed E-state index contributed by atoms with van der Waals surface area (Å²) in [6.07, 6.45) is 3.66. The average Bonchev–Trinajstić information content (AvgIpc) is 3.41. The molecule has 0 atom stereocenters. The Morgan fingerprint density at radius 2 is 1.69 bits per heavy atom. The molecule has 2 aromatic heterocycles. The van der Waals surface area contributed by atoms with Crippen LogP contribution in [0.1, 0.15) is 12.8 Å². The number of para-hydroxylation sites is 2. The van der Waals surface area contributed by atoms with Crippen LogP contribution in [0.15, 0.2) is 89.5 Å². The lowest BCUT2D eigenvalue weighted by atomic mass is 10.1. The molecule has 0 unspecified atom stereocenters. The number of furan rings is 1. The summed E-state index contributed by atoms with van der Waals surface area (Å²) in [4.78, 5) is 4.77. The van der Waals surface area contributed by atoms with Crippen molar-refractivity contribution in [2.24, 2.45) is 0 Å². The Morgan fingerprint density at radius 3 is 2.59 bits per heavy atom. The van der Waals surface area contributed by atoms with Crippen LogP contribution in [0.5, 0.6) is 5.75 Å². The van der Waals surface area contributed by atoms with Crippen molar-refractivity contribution in [2.45, 2.75) is 19.4 Å². The summed E-state index contributed by atoms with van der Waals surface area (Å²) < 4.78 is 13.8. The molecule has 0 spiro atoms. The zero-order chi connectivity index (χ0) is 19.5. The molecule has 0 aliphatic carbocycles. The predicted octanol–water partition coefficient (Wildman–Crippen LogP) is 6.31. The van der Waals surface area contributed by atoms with Crippen molar-refractivity contribution < 1.29 is 9.15 Å². The Balaban J connectivity index is 1.24. The molecule has 0 N–H and O–H groups in total. The van der Waals surface area contributed by atoms with Crippen molar-refractivity contribution in [2.75, 3.05) is 6.61 Å². The molecule has 4 heteroatoms. The van der Waals surface area contributed by atoms with Crippen molar-refractivity contribution in [1.82, 2.24) is 9.55 Å². The summed E-state index contributed by atoms with van der Waals surface area (Å²) in [6.45, 7) is 1.57. The molecule has 5 rings (SSSR count). The number of hydrogen-bond acceptors (Lipinski definition) is 3. The lowest BCUT2D eigenvalue weighted by Crippen LogP contribution is -2.03. The van der Waals surface area contributed by atoms with Crippen LogP contribution in [-0.2, 0) is 6.54 Å². The van der Waals surface area contributed by atoms with Crippen molar-refractivity contribution in [3.8, 4) is 17.3 Å². The molecule has 2 heterocycles. The number of aryl methyl sites for hydroxylation is 1. The van der Waals surface area contributed by atoms with Crippen LogP contribution < -0.4 is 4.74 Å². The molecule has 0 aliphatic rings. The average molecular weight is 382 g/mol.